The number of rotatable bonds is 6. The minimum Gasteiger partial charge on any atom is -0.477 e. The summed E-state index contributed by atoms with van der Waals surface area (Å²) in [6.45, 7) is 2.33. The molecule has 11 heteroatoms. The van der Waals surface area contributed by atoms with Gasteiger partial charge in [-0.3, -0.25) is 14.2 Å². The van der Waals surface area contributed by atoms with Crippen molar-refractivity contribution in [3.8, 4) is 5.13 Å². The van der Waals surface area contributed by atoms with Crippen molar-refractivity contribution < 1.29 is 19.4 Å². The largest absolute Gasteiger partial charge is 0.477 e. The Balaban J connectivity index is 1.34. The Morgan fingerprint density at radius 1 is 1.27 bits per heavy atom. The first-order chi connectivity index (χ1) is 16.0. The van der Waals surface area contributed by atoms with Gasteiger partial charge in [0.15, 0.2) is 10.8 Å². The van der Waals surface area contributed by atoms with Crippen LogP contribution >= 0.6 is 11.3 Å². The smallest absolute Gasteiger partial charge is 0.341 e. The standard InChI is InChI=1S/C22H23N5O5S/c28-18-15-4-5-17(25-19(15)27(12-16(18)21(30)31)22-23-6-8-33-22)26-10-13(11-26)20(29)24-9-14-3-1-2-7-32-14/h4-6,8,12-14H,1-3,7,9-11H2,(H,24,29)(H,30,31). The Morgan fingerprint density at radius 3 is 2.82 bits per heavy atom. The fourth-order valence-electron chi connectivity index (χ4n) is 4.16. The van der Waals surface area contributed by atoms with Gasteiger partial charge in [-0.05, 0) is 31.4 Å². The van der Waals surface area contributed by atoms with Crippen LogP contribution in [0.15, 0.2) is 34.7 Å². The maximum atomic E-state index is 12.7. The molecule has 0 spiro atoms. The number of amides is 1. The summed E-state index contributed by atoms with van der Waals surface area (Å²) in [5.41, 5.74) is -0.593. The van der Waals surface area contributed by atoms with Gasteiger partial charge in [0.1, 0.15) is 11.4 Å². The third kappa shape index (κ3) is 4.21. The van der Waals surface area contributed by atoms with Crippen LogP contribution in [-0.2, 0) is 9.53 Å². The Labute approximate surface area is 192 Å². The number of aromatic nitrogens is 3. The van der Waals surface area contributed by atoms with Gasteiger partial charge in [-0.25, -0.2) is 14.8 Å². The fourth-order valence-corrected chi connectivity index (χ4v) is 4.78. The first kappa shape index (κ1) is 21.5. The summed E-state index contributed by atoms with van der Waals surface area (Å²) in [5, 5.41) is 14.9. The van der Waals surface area contributed by atoms with Crippen molar-refractivity contribution in [2.24, 2.45) is 5.92 Å². The van der Waals surface area contributed by atoms with Gasteiger partial charge in [0, 0.05) is 44.0 Å². The number of nitrogens with one attached hydrogen (secondary N) is 1. The molecule has 2 saturated heterocycles. The SMILES string of the molecule is O=C(O)c1cn(-c2nccs2)c2nc(N3CC(C(=O)NCC4CCCCO4)C3)ccc2c1=O. The van der Waals surface area contributed by atoms with Crippen LogP contribution in [0.4, 0.5) is 5.82 Å². The highest BCUT2D eigenvalue weighted by atomic mass is 32.1. The number of hydrogen-bond acceptors (Lipinski definition) is 8. The first-order valence-electron chi connectivity index (χ1n) is 10.8. The average molecular weight is 470 g/mol. The molecule has 0 radical (unpaired) electrons. The quantitative estimate of drug-likeness (QED) is 0.558. The van der Waals surface area contributed by atoms with Crippen molar-refractivity contribution in [2.75, 3.05) is 31.1 Å². The number of pyridine rings is 2. The maximum Gasteiger partial charge on any atom is 0.341 e. The number of carboxylic acids is 1. The summed E-state index contributed by atoms with van der Waals surface area (Å²) in [5.74, 6) is -0.810. The number of carboxylic acid groups (broad SMARTS) is 1. The van der Waals surface area contributed by atoms with Crippen LogP contribution < -0.4 is 15.6 Å². The predicted octanol–water partition coefficient (Wildman–Crippen LogP) is 1.66. The molecule has 0 saturated carbocycles. The van der Waals surface area contributed by atoms with E-state index in [-0.39, 0.29) is 28.9 Å². The van der Waals surface area contributed by atoms with E-state index in [1.54, 1.807) is 23.7 Å². The number of anilines is 1. The lowest BCUT2D eigenvalue weighted by atomic mass is 9.98. The summed E-state index contributed by atoms with van der Waals surface area (Å²) < 4.78 is 7.19. The molecule has 5 heterocycles. The molecule has 5 rings (SSSR count). The van der Waals surface area contributed by atoms with Crippen LogP contribution in [0.2, 0.25) is 0 Å². The average Bonchev–Trinajstić information content (AvgIpc) is 3.32. The minimum atomic E-state index is -1.30. The molecule has 3 aromatic rings. The second-order valence-electron chi connectivity index (χ2n) is 8.24. The number of fused-ring (bicyclic) bond motifs is 1. The summed E-state index contributed by atoms with van der Waals surface area (Å²) in [4.78, 5) is 47.6. The molecule has 3 aromatic heterocycles. The third-order valence-corrected chi connectivity index (χ3v) is 6.82. The zero-order valence-electron chi connectivity index (χ0n) is 17.8. The lowest BCUT2D eigenvalue weighted by Gasteiger charge is -2.39. The Bertz CT molecular complexity index is 1250. The minimum absolute atomic E-state index is 0.00649. The van der Waals surface area contributed by atoms with Crippen LogP contribution in [0.5, 0.6) is 0 Å². The normalized spacial score (nSPS) is 18.8. The van der Waals surface area contributed by atoms with Crippen LogP contribution in [0, 0.1) is 5.92 Å². The van der Waals surface area contributed by atoms with Crippen LogP contribution in [0.25, 0.3) is 16.2 Å². The molecule has 1 atom stereocenters. The molecule has 0 aromatic carbocycles. The Kier molecular flexibility index (Phi) is 5.81. The summed E-state index contributed by atoms with van der Waals surface area (Å²) >= 11 is 1.31. The van der Waals surface area contributed by atoms with Gasteiger partial charge >= 0.3 is 5.97 Å². The van der Waals surface area contributed by atoms with Crippen molar-refractivity contribution in [3.05, 3.63) is 45.7 Å². The van der Waals surface area contributed by atoms with Crippen LogP contribution in [-0.4, -0.2) is 63.9 Å². The van der Waals surface area contributed by atoms with Gasteiger partial charge in [-0.1, -0.05) is 0 Å². The molecule has 2 fully saturated rings. The highest BCUT2D eigenvalue weighted by molar-refractivity contribution is 7.12. The van der Waals surface area contributed by atoms with E-state index < -0.39 is 11.4 Å². The van der Waals surface area contributed by atoms with Gasteiger partial charge in [-0.15, -0.1) is 11.3 Å². The maximum absolute atomic E-state index is 12.7. The highest BCUT2D eigenvalue weighted by Crippen LogP contribution is 2.26. The summed E-state index contributed by atoms with van der Waals surface area (Å²) in [6.07, 6.45) is 6.15. The predicted molar refractivity (Wildman–Crippen MR) is 122 cm³/mol. The number of carbonyl (C=O) groups is 2. The van der Waals surface area contributed by atoms with E-state index in [9.17, 15) is 19.5 Å². The lowest BCUT2D eigenvalue weighted by molar-refractivity contribution is -0.126. The molecular weight excluding hydrogens is 446 g/mol. The number of thiazole rings is 1. The van der Waals surface area contributed by atoms with Gasteiger partial charge in [0.25, 0.3) is 0 Å². The monoisotopic (exact) mass is 469 g/mol. The van der Waals surface area contributed by atoms with E-state index in [2.05, 4.69) is 15.3 Å². The number of aromatic carboxylic acids is 1. The van der Waals surface area contributed by atoms with Gasteiger partial charge in [-0.2, -0.15) is 0 Å². The van der Waals surface area contributed by atoms with Gasteiger partial charge < -0.3 is 20.1 Å². The molecule has 0 aliphatic carbocycles. The molecule has 2 N–H and O–H groups in total. The Hall–Kier alpha value is -3.31. The molecule has 10 nitrogen and oxygen atoms in total. The second kappa shape index (κ2) is 8.91. The number of nitrogens with zero attached hydrogens (tertiary/aromatic N) is 4. The van der Waals surface area contributed by atoms with E-state index in [0.29, 0.717) is 36.2 Å². The van der Waals surface area contributed by atoms with Gasteiger partial charge in [0.2, 0.25) is 11.3 Å². The van der Waals surface area contributed by atoms with Crippen molar-refractivity contribution in [3.63, 3.8) is 0 Å². The van der Waals surface area contributed by atoms with Crippen molar-refractivity contribution >= 4 is 40.1 Å². The molecule has 1 unspecified atom stereocenters. The molecule has 1 amide bonds. The van der Waals surface area contributed by atoms with Crippen LogP contribution in [0.3, 0.4) is 0 Å². The molecule has 0 bridgehead atoms. The van der Waals surface area contributed by atoms with E-state index in [4.69, 9.17) is 4.74 Å². The molecule has 2 aliphatic rings. The van der Waals surface area contributed by atoms with Crippen LogP contribution in [0.1, 0.15) is 29.6 Å². The van der Waals surface area contributed by atoms with E-state index >= 15 is 0 Å². The zero-order chi connectivity index (χ0) is 22.9. The molecule has 2 aliphatic heterocycles. The second-order valence-corrected chi connectivity index (χ2v) is 9.11. The van der Waals surface area contributed by atoms with Crippen molar-refractivity contribution in [1.29, 1.82) is 0 Å². The summed E-state index contributed by atoms with van der Waals surface area (Å²) in [7, 11) is 0. The highest BCUT2D eigenvalue weighted by Gasteiger charge is 2.34. The van der Waals surface area contributed by atoms with Crippen molar-refractivity contribution in [2.45, 2.75) is 25.4 Å². The van der Waals surface area contributed by atoms with Crippen molar-refractivity contribution in [1.82, 2.24) is 19.9 Å². The molecular formula is C22H23N5O5S. The number of carbonyl (C=O) groups excluding carboxylic acids is 1. The lowest BCUT2D eigenvalue weighted by Crippen LogP contribution is -2.55. The zero-order valence-corrected chi connectivity index (χ0v) is 18.6. The van der Waals surface area contributed by atoms with E-state index in [0.717, 1.165) is 25.9 Å². The third-order valence-electron chi connectivity index (χ3n) is 6.05. The summed E-state index contributed by atoms with van der Waals surface area (Å²) in [6, 6.07) is 3.27. The molecule has 33 heavy (non-hydrogen) atoms. The first-order valence-corrected chi connectivity index (χ1v) is 11.7. The molecule has 172 valence electrons. The topological polar surface area (TPSA) is 127 Å². The fraction of sp³-hybridized carbons (Fsp3) is 0.409. The number of hydrogen-bond donors (Lipinski definition) is 2. The number of ether oxygens (including phenoxy) is 1. The van der Waals surface area contributed by atoms with Gasteiger partial charge in [0.05, 0.1) is 17.4 Å². The van der Waals surface area contributed by atoms with E-state index in [1.807, 2.05) is 4.90 Å². The van der Waals surface area contributed by atoms with E-state index in [1.165, 1.54) is 22.1 Å². The Morgan fingerprint density at radius 2 is 2.12 bits per heavy atom.